The van der Waals surface area contributed by atoms with Crippen LogP contribution in [0.3, 0.4) is 0 Å². The minimum atomic E-state index is -4.28. The lowest BCUT2D eigenvalue weighted by Gasteiger charge is -2.11. The van der Waals surface area contributed by atoms with Crippen LogP contribution in [0.2, 0.25) is 0 Å². The summed E-state index contributed by atoms with van der Waals surface area (Å²) in [5, 5.41) is 2.99. The van der Waals surface area contributed by atoms with Crippen LogP contribution < -0.4 is 15.5 Å². The van der Waals surface area contributed by atoms with Gasteiger partial charge < -0.3 is 10.1 Å². The molecule has 2 heterocycles. The van der Waals surface area contributed by atoms with Crippen LogP contribution in [0.15, 0.2) is 18.3 Å². The Hall–Kier alpha value is -1.99. The molecule has 0 aliphatic rings. The molecule has 0 aliphatic carbocycles. The maximum absolute atomic E-state index is 12.1. The highest BCUT2D eigenvalue weighted by Gasteiger charge is 2.26. The highest BCUT2D eigenvalue weighted by atomic mass is 19.4. The first kappa shape index (κ1) is 13.4. The molecule has 19 heavy (non-hydrogen) atoms. The van der Waals surface area contributed by atoms with Gasteiger partial charge in [-0.25, -0.2) is 9.97 Å². The smallest absolute Gasteiger partial charge is 0.405 e. The van der Waals surface area contributed by atoms with Gasteiger partial charge >= 0.3 is 6.18 Å². The van der Waals surface area contributed by atoms with Crippen LogP contribution in [0.1, 0.15) is 0 Å². The second kappa shape index (κ2) is 4.95. The topological polar surface area (TPSA) is 47.0 Å². The molecule has 0 amide bonds. The van der Waals surface area contributed by atoms with Gasteiger partial charge in [-0.15, -0.1) is 0 Å². The zero-order chi connectivity index (χ0) is 14.0. The van der Waals surface area contributed by atoms with Gasteiger partial charge in [0.2, 0.25) is 5.88 Å². The average molecular weight is 269 g/mol. The standard InChI is InChI=1S/C11H11BF3N3O/c1-19-10-8(12)9-6(4-16-10)2-3-7(18-9)17-5-11(13,14)15/h2-4H,5,12H2,1H3,(H,17,18). The van der Waals surface area contributed by atoms with Crippen LogP contribution in [0.4, 0.5) is 19.0 Å². The van der Waals surface area contributed by atoms with E-state index in [1.165, 1.54) is 13.2 Å². The molecule has 4 nitrogen and oxygen atoms in total. The van der Waals surface area contributed by atoms with Crippen LogP contribution in [0.25, 0.3) is 10.9 Å². The Morgan fingerprint density at radius 2 is 2.11 bits per heavy atom. The number of fused-ring (bicyclic) bond motifs is 1. The lowest BCUT2D eigenvalue weighted by atomic mass is 9.95. The first-order valence-corrected chi connectivity index (χ1v) is 5.51. The van der Waals surface area contributed by atoms with E-state index in [9.17, 15) is 13.2 Å². The summed E-state index contributed by atoms with van der Waals surface area (Å²) in [6.45, 7) is -1.12. The summed E-state index contributed by atoms with van der Waals surface area (Å²) >= 11 is 0. The number of hydrogen-bond donors (Lipinski definition) is 1. The minimum absolute atomic E-state index is 0.168. The molecule has 1 N–H and O–H groups in total. The molecule has 0 saturated carbocycles. The molecule has 2 rings (SSSR count). The summed E-state index contributed by atoms with van der Waals surface area (Å²) in [5.74, 6) is 0.578. The molecule has 100 valence electrons. The van der Waals surface area contributed by atoms with Crippen molar-refractivity contribution in [1.29, 1.82) is 0 Å². The lowest BCUT2D eigenvalue weighted by molar-refractivity contribution is -0.115. The third-order valence-electron chi connectivity index (χ3n) is 2.59. The number of methoxy groups -OCH3 is 1. The van der Waals surface area contributed by atoms with E-state index < -0.39 is 12.7 Å². The van der Waals surface area contributed by atoms with Crippen LogP contribution in [0.5, 0.6) is 5.88 Å². The Bertz CT molecular complexity index is 603. The van der Waals surface area contributed by atoms with Gasteiger partial charge in [0.15, 0.2) is 0 Å². The van der Waals surface area contributed by atoms with E-state index >= 15 is 0 Å². The molecule has 0 aromatic carbocycles. The summed E-state index contributed by atoms with van der Waals surface area (Å²) in [6, 6.07) is 3.15. The van der Waals surface area contributed by atoms with E-state index in [0.717, 1.165) is 5.39 Å². The average Bonchev–Trinajstić information content (AvgIpc) is 2.36. The fourth-order valence-corrected chi connectivity index (χ4v) is 1.70. The maximum atomic E-state index is 12.1. The molecular weight excluding hydrogens is 258 g/mol. The second-order valence-corrected chi connectivity index (χ2v) is 4.00. The fourth-order valence-electron chi connectivity index (χ4n) is 1.70. The maximum Gasteiger partial charge on any atom is 0.405 e. The fraction of sp³-hybridized carbons (Fsp3) is 0.273. The zero-order valence-corrected chi connectivity index (χ0v) is 10.4. The molecule has 0 bridgehead atoms. The minimum Gasteiger partial charge on any atom is -0.481 e. The number of ether oxygens (including phenoxy) is 1. The lowest BCUT2D eigenvalue weighted by Crippen LogP contribution is -2.22. The van der Waals surface area contributed by atoms with Gasteiger partial charge in [-0.2, -0.15) is 13.2 Å². The largest absolute Gasteiger partial charge is 0.481 e. The number of alkyl halides is 3. The van der Waals surface area contributed by atoms with Crippen molar-refractivity contribution in [2.24, 2.45) is 0 Å². The summed E-state index contributed by atoms with van der Waals surface area (Å²) < 4.78 is 41.5. The quantitative estimate of drug-likeness (QED) is 0.840. The van der Waals surface area contributed by atoms with E-state index in [2.05, 4.69) is 15.3 Å². The third-order valence-corrected chi connectivity index (χ3v) is 2.59. The number of hydrogen-bond acceptors (Lipinski definition) is 4. The number of halogens is 3. The van der Waals surface area contributed by atoms with Crippen molar-refractivity contribution in [1.82, 2.24) is 9.97 Å². The molecule has 2 aromatic rings. The highest BCUT2D eigenvalue weighted by molar-refractivity contribution is 6.39. The van der Waals surface area contributed by atoms with E-state index in [-0.39, 0.29) is 5.82 Å². The van der Waals surface area contributed by atoms with E-state index in [1.807, 2.05) is 0 Å². The van der Waals surface area contributed by atoms with Crippen molar-refractivity contribution in [3.8, 4) is 5.88 Å². The van der Waals surface area contributed by atoms with Crippen molar-refractivity contribution in [3.63, 3.8) is 0 Å². The number of nitrogens with zero attached hydrogens (tertiary/aromatic N) is 2. The molecule has 0 fully saturated rings. The summed E-state index contributed by atoms with van der Waals surface area (Å²) in [6.07, 6.45) is -2.71. The number of pyridine rings is 2. The first-order valence-electron chi connectivity index (χ1n) is 5.51. The number of rotatable bonds is 3. The predicted molar refractivity (Wildman–Crippen MR) is 68.8 cm³/mol. The summed E-state index contributed by atoms with van der Waals surface area (Å²) in [5.41, 5.74) is 1.26. The van der Waals surface area contributed by atoms with Gasteiger partial charge in [0.25, 0.3) is 0 Å². The van der Waals surface area contributed by atoms with Gasteiger partial charge in [-0.3, -0.25) is 0 Å². The summed E-state index contributed by atoms with van der Waals surface area (Å²) in [4.78, 5) is 8.23. The van der Waals surface area contributed by atoms with Crippen LogP contribution in [-0.2, 0) is 0 Å². The monoisotopic (exact) mass is 269 g/mol. The molecule has 0 aliphatic heterocycles. The van der Waals surface area contributed by atoms with Crippen LogP contribution in [0, 0.1) is 0 Å². The van der Waals surface area contributed by atoms with Crippen LogP contribution >= 0.6 is 0 Å². The van der Waals surface area contributed by atoms with Gasteiger partial charge in [-0.05, 0) is 17.6 Å². The Labute approximate surface area is 108 Å². The normalized spacial score (nSPS) is 11.6. The van der Waals surface area contributed by atoms with Crippen molar-refractivity contribution in [2.75, 3.05) is 19.0 Å². The second-order valence-electron chi connectivity index (χ2n) is 4.00. The molecule has 0 unspecified atom stereocenters. The Morgan fingerprint density at radius 1 is 1.37 bits per heavy atom. The zero-order valence-electron chi connectivity index (χ0n) is 10.4. The Morgan fingerprint density at radius 3 is 2.74 bits per heavy atom. The van der Waals surface area contributed by atoms with Gasteiger partial charge in [0.1, 0.15) is 20.2 Å². The molecule has 0 radical (unpaired) electrons. The molecular formula is C11H11BF3N3O. The predicted octanol–water partition coefficient (Wildman–Crippen LogP) is 0.871. The third kappa shape index (κ3) is 3.07. The van der Waals surface area contributed by atoms with Crippen molar-refractivity contribution >= 4 is 30.0 Å². The highest BCUT2D eigenvalue weighted by Crippen LogP contribution is 2.18. The Kier molecular flexibility index (Phi) is 3.50. The SMILES string of the molecule is Bc1c(OC)ncc2ccc(NCC(F)(F)F)nc12. The van der Waals surface area contributed by atoms with Crippen molar-refractivity contribution in [2.45, 2.75) is 6.18 Å². The van der Waals surface area contributed by atoms with Gasteiger partial charge in [-0.1, -0.05) is 0 Å². The first-order chi connectivity index (χ1) is 8.90. The van der Waals surface area contributed by atoms with Crippen molar-refractivity contribution < 1.29 is 17.9 Å². The molecule has 8 heteroatoms. The van der Waals surface area contributed by atoms with Crippen LogP contribution in [-0.4, -0.2) is 37.6 Å². The molecule has 0 atom stereocenters. The number of anilines is 1. The van der Waals surface area contributed by atoms with E-state index in [1.54, 1.807) is 20.1 Å². The van der Waals surface area contributed by atoms with Crippen molar-refractivity contribution in [3.05, 3.63) is 18.3 Å². The van der Waals surface area contributed by atoms with Gasteiger partial charge in [0.05, 0.1) is 12.6 Å². The molecule has 0 saturated heterocycles. The molecule has 0 spiro atoms. The summed E-state index contributed by atoms with van der Waals surface area (Å²) in [7, 11) is 3.24. The van der Waals surface area contributed by atoms with E-state index in [0.29, 0.717) is 16.9 Å². The van der Waals surface area contributed by atoms with E-state index in [4.69, 9.17) is 4.74 Å². The Balaban J connectivity index is 2.36. The number of nitrogens with one attached hydrogen (secondary N) is 1. The van der Waals surface area contributed by atoms with Gasteiger partial charge in [0, 0.05) is 11.6 Å². The molecule has 2 aromatic heterocycles. The number of aromatic nitrogens is 2.